The fourth-order valence-corrected chi connectivity index (χ4v) is 3.70. The standard InChI is InChI=1S/C22H44O2/c1-4-7-10-12-14-16-20-19-21(17-15-13-11-8-5-2)24-22(23-20)18-9-6-3/h20-22H,4-19H2,1-3H3. The van der Waals surface area contributed by atoms with Crippen LogP contribution in [0, 0.1) is 0 Å². The highest BCUT2D eigenvalue weighted by Crippen LogP contribution is 2.28. The first-order valence-electron chi connectivity index (χ1n) is 11.1. The van der Waals surface area contributed by atoms with Crippen LogP contribution < -0.4 is 0 Å². The van der Waals surface area contributed by atoms with Crippen LogP contribution in [0.1, 0.15) is 124 Å². The lowest BCUT2D eigenvalue weighted by Gasteiger charge is -2.36. The van der Waals surface area contributed by atoms with E-state index in [0.717, 1.165) is 12.8 Å². The van der Waals surface area contributed by atoms with Gasteiger partial charge < -0.3 is 9.47 Å². The molecule has 2 unspecified atom stereocenters. The van der Waals surface area contributed by atoms with Gasteiger partial charge in [-0.2, -0.15) is 0 Å². The first-order chi connectivity index (χ1) is 11.8. The summed E-state index contributed by atoms with van der Waals surface area (Å²) in [5, 5.41) is 0. The second-order valence-electron chi connectivity index (χ2n) is 7.73. The molecule has 1 aliphatic rings. The average Bonchev–Trinajstić information content (AvgIpc) is 2.59. The maximum Gasteiger partial charge on any atom is 0.158 e. The molecule has 0 amide bonds. The van der Waals surface area contributed by atoms with Crippen molar-refractivity contribution in [3.63, 3.8) is 0 Å². The monoisotopic (exact) mass is 340 g/mol. The molecule has 1 saturated heterocycles. The fraction of sp³-hybridized carbons (Fsp3) is 1.00. The van der Waals surface area contributed by atoms with Gasteiger partial charge >= 0.3 is 0 Å². The third-order valence-electron chi connectivity index (χ3n) is 5.27. The molecule has 0 aromatic heterocycles. The van der Waals surface area contributed by atoms with Crippen LogP contribution >= 0.6 is 0 Å². The van der Waals surface area contributed by atoms with Crippen LogP contribution in [-0.4, -0.2) is 18.5 Å². The quantitative estimate of drug-likeness (QED) is 0.289. The minimum atomic E-state index is 0.0694. The smallest absolute Gasteiger partial charge is 0.158 e. The van der Waals surface area contributed by atoms with Crippen molar-refractivity contribution in [2.75, 3.05) is 0 Å². The molecule has 1 fully saturated rings. The molecule has 0 aromatic rings. The van der Waals surface area contributed by atoms with Gasteiger partial charge in [-0.3, -0.25) is 0 Å². The SMILES string of the molecule is CCCCCCCC1CC(CCCCCCC)OC(CCCC)O1. The highest BCUT2D eigenvalue weighted by Gasteiger charge is 2.29. The molecular formula is C22H44O2. The zero-order valence-electron chi connectivity index (χ0n) is 16.9. The minimum absolute atomic E-state index is 0.0694. The summed E-state index contributed by atoms with van der Waals surface area (Å²) in [6.45, 7) is 6.81. The lowest BCUT2D eigenvalue weighted by molar-refractivity contribution is -0.247. The summed E-state index contributed by atoms with van der Waals surface area (Å²) in [7, 11) is 0. The van der Waals surface area contributed by atoms with Crippen molar-refractivity contribution >= 4 is 0 Å². The Labute approximate surface area is 152 Å². The number of hydrogen-bond acceptors (Lipinski definition) is 2. The molecule has 0 N–H and O–H groups in total. The third-order valence-corrected chi connectivity index (χ3v) is 5.27. The molecule has 1 heterocycles. The molecule has 0 aliphatic carbocycles. The van der Waals surface area contributed by atoms with Gasteiger partial charge in [-0.05, 0) is 32.1 Å². The lowest BCUT2D eigenvalue weighted by Crippen LogP contribution is -2.38. The summed E-state index contributed by atoms with van der Waals surface area (Å²) in [6.07, 6.45) is 21.7. The second kappa shape index (κ2) is 15.2. The van der Waals surface area contributed by atoms with E-state index in [4.69, 9.17) is 9.47 Å². The molecular weight excluding hydrogens is 296 g/mol. The predicted molar refractivity (Wildman–Crippen MR) is 104 cm³/mol. The number of hydrogen-bond donors (Lipinski definition) is 0. The Morgan fingerprint density at radius 2 is 1.00 bits per heavy atom. The van der Waals surface area contributed by atoms with Gasteiger partial charge in [-0.15, -0.1) is 0 Å². The zero-order chi connectivity index (χ0) is 17.5. The van der Waals surface area contributed by atoms with Gasteiger partial charge in [0.15, 0.2) is 6.29 Å². The molecule has 0 saturated carbocycles. The molecule has 1 aliphatic heterocycles. The third kappa shape index (κ3) is 10.7. The van der Waals surface area contributed by atoms with E-state index < -0.39 is 0 Å². The van der Waals surface area contributed by atoms with Crippen LogP contribution in [0.25, 0.3) is 0 Å². The Morgan fingerprint density at radius 1 is 0.542 bits per heavy atom. The van der Waals surface area contributed by atoms with Crippen LogP contribution in [-0.2, 0) is 9.47 Å². The van der Waals surface area contributed by atoms with Crippen molar-refractivity contribution in [3.05, 3.63) is 0 Å². The van der Waals surface area contributed by atoms with Crippen molar-refractivity contribution in [3.8, 4) is 0 Å². The highest BCUT2D eigenvalue weighted by molar-refractivity contribution is 4.73. The molecule has 144 valence electrons. The van der Waals surface area contributed by atoms with E-state index in [1.54, 1.807) is 0 Å². The van der Waals surface area contributed by atoms with Gasteiger partial charge in [0.05, 0.1) is 12.2 Å². The van der Waals surface area contributed by atoms with E-state index in [0.29, 0.717) is 12.2 Å². The van der Waals surface area contributed by atoms with Gasteiger partial charge in [-0.1, -0.05) is 91.4 Å². The van der Waals surface area contributed by atoms with Crippen molar-refractivity contribution in [2.24, 2.45) is 0 Å². The van der Waals surface area contributed by atoms with Crippen molar-refractivity contribution in [1.82, 2.24) is 0 Å². The fourth-order valence-electron chi connectivity index (χ4n) is 3.70. The molecule has 1 rings (SSSR count). The maximum absolute atomic E-state index is 6.25. The van der Waals surface area contributed by atoms with Crippen molar-refractivity contribution in [1.29, 1.82) is 0 Å². The van der Waals surface area contributed by atoms with Gasteiger partial charge in [0.1, 0.15) is 0 Å². The molecule has 0 bridgehead atoms. The molecule has 2 heteroatoms. The van der Waals surface area contributed by atoms with Crippen molar-refractivity contribution < 1.29 is 9.47 Å². The molecule has 0 radical (unpaired) electrons. The van der Waals surface area contributed by atoms with E-state index in [-0.39, 0.29) is 6.29 Å². The number of rotatable bonds is 15. The van der Waals surface area contributed by atoms with Crippen LogP contribution in [0.3, 0.4) is 0 Å². The van der Waals surface area contributed by atoms with E-state index in [1.807, 2.05) is 0 Å². The Morgan fingerprint density at radius 3 is 1.46 bits per heavy atom. The number of unbranched alkanes of at least 4 members (excludes halogenated alkanes) is 9. The molecule has 24 heavy (non-hydrogen) atoms. The van der Waals surface area contributed by atoms with E-state index in [2.05, 4.69) is 20.8 Å². The van der Waals surface area contributed by atoms with Crippen LogP contribution in [0.5, 0.6) is 0 Å². The van der Waals surface area contributed by atoms with Gasteiger partial charge in [0.2, 0.25) is 0 Å². The Bertz CT molecular complexity index is 245. The summed E-state index contributed by atoms with van der Waals surface area (Å²) in [4.78, 5) is 0. The molecule has 2 atom stereocenters. The first-order valence-corrected chi connectivity index (χ1v) is 11.1. The topological polar surface area (TPSA) is 18.5 Å². The zero-order valence-corrected chi connectivity index (χ0v) is 16.9. The maximum atomic E-state index is 6.25. The van der Waals surface area contributed by atoms with E-state index in [1.165, 1.54) is 89.9 Å². The summed E-state index contributed by atoms with van der Waals surface area (Å²) in [5.41, 5.74) is 0. The summed E-state index contributed by atoms with van der Waals surface area (Å²) in [5.74, 6) is 0. The van der Waals surface area contributed by atoms with Crippen LogP contribution in [0.4, 0.5) is 0 Å². The highest BCUT2D eigenvalue weighted by atomic mass is 16.7. The Balaban J connectivity index is 2.28. The number of ether oxygens (including phenoxy) is 2. The lowest BCUT2D eigenvalue weighted by atomic mass is 9.98. The largest absolute Gasteiger partial charge is 0.349 e. The van der Waals surface area contributed by atoms with Gasteiger partial charge in [0.25, 0.3) is 0 Å². The summed E-state index contributed by atoms with van der Waals surface area (Å²) < 4.78 is 12.5. The van der Waals surface area contributed by atoms with Gasteiger partial charge in [-0.25, -0.2) is 0 Å². The Kier molecular flexibility index (Phi) is 13.9. The molecule has 2 nitrogen and oxygen atoms in total. The molecule has 0 aromatic carbocycles. The normalized spacial score (nSPS) is 24.4. The summed E-state index contributed by atoms with van der Waals surface area (Å²) in [6, 6.07) is 0. The average molecular weight is 341 g/mol. The Hall–Kier alpha value is -0.0800. The predicted octanol–water partition coefficient (Wildman–Crippen LogP) is 7.40. The van der Waals surface area contributed by atoms with Crippen LogP contribution in [0.15, 0.2) is 0 Å². The molecule has 0 spiro atoms. The minimum Gasteiger partial charge on any atom is -0.349 e. The van der Waals surface area contributed by atoms with Crippen LogP contribution in [0.2, 0.25) is 0 Å². The first kappa shape index (κ1) is 22.0. The van der Waals surface area contributed by atoms with Crippen molar-refractivity contribution in [2.45, 2.75) is 142 Å². The second-order valence-corrected chi connectivity index (χ2v) is 7.73. The van der Waals surface area contributed by atoms with Gasteiger partial charge in [0, 0.05) is 0 Å². The van der Waals surface area contributed by atoms with E-state index in [9.17, 15) is 0 Å². The summed E-state index contributed by atoms with van der Waals surface area (Å²) >= 11 is 0. The van der Waals surface area contributed by atoms with E-state index >= 15 is 0 Å².